The zero-order valence-electron chi connectivity index (χ0n) is 30.9. The molecule has 13 rings (SSSR count). The topological polar surface area (TPSA) is 3.24 Å². The van der Waals surface area contributed by atoms with Gasteiger partial charge in [-0.15, -0.1) is 11.3 Å². The first-order chi connectivity index (χ1) is 28.3. The van der Waals surface area contributed by atoms with Crippen molar-refractivity contribution in [3.63, 3.8) is 0 Å². The minimum Gasteiger partial charge on any atom is -0.310 e. The van der Waals surface area contributed by atoms with Gasteiger partial charge in [-0.2, -0.15) is 0 Å². The van der Waals surface area contributed by atoms with Gasteiger partial charge in [0.2, 0.25) is 0 Å². The summed E-state index contributed by atoms with van der Waals surface area (Å²) in [5.41, 5.74) is 13.7. The molecule has 0 amide bonds. The summed E-state index contributed by atoms with van der Waals surface area (Å²) in [5, 5.41) is 10.3. The lowest BCUT2D eigenvalue weighted by Gasteiger charge is -2.32. The van der Waals surface area contributed by atoms with E-state index in [1.165, 1.54) is 103 Å². The molecule has 1 nitrogen and oxygen atoms in total. The van der Waals surface area contributed by atoms with Crippen LogP contribution in [0.4, 0.5) is 17.1 Å². The Hall–Kier alpha value is -7.00. The van der Waals surface area contributed by atoms with Gasteiger partial charge in [-0.25, -0.2) is 0 Å². The molecule has 0 radical (unpaired) electrons. The van der Waals surface area contributed by atoms with Crippen LogP contribution >= 0.6 is 11.3 Å². The molecule has 0 unspecified atom stereocenters. The van der Waals surface area contributed by atoms with Gasteiger partial charge in [0, 0.05) is 37.1 Å². The van der Waals surface area contributed by atoms with Crippen molar-refractivity contribution >= 4 is 80.9 Å². The minimum absolute atomic E-state index is 0.424. The number of hydrogen-bond donors (Lipinski definition) is 0. The van der Waals surface area contributed by atoms with Crippen LogP contribution < -0.4 is 4.90 Å². The fraction of sp³-hybridized carbons (Fsp3) is 0.0182. The Morgan fingerprint density at radius 1 is 0.316 bits per heavy atom. The molecule has 0 N–H and O–H groups in total. The standard InChI is InChI=1S/C55H33NS/c1-2-16-38-36(14-1)37-15-3-4-17-39(37)45-32-34(28-30-40(38)45)56(35-29-31-53-46(33-35)43-20-8-12-27-52(43)57-53)51-26-13-25-50-54(51)44-21-7-11-24-49(44)55(50)47-22-9-5-18-41(47)42-19-6-10-23-48(42)55/h1-33H. The Labute approximate surface area is 334 Å². The smallest absolute Gasteiger partial charge is 0.0726 e. The highest BCUT2D eigenvalue weighted by Crippen LogP contribution is 2.64. The summed E-state index contributed by atoms with van der Waals surface area (Å²) in [5.74, 6) is 0. The molecule has 57 heavy (non-hydrogen) atoms. The molecule has 0 saturated carbocycles. The van der Waals surface area contributed by atoms with Crippen molar-refractivity contribution in [2.75, 3.05) is 4.90 Å². The average molecular weight is 740 g/mol. The van der Waals surface area contributed by atoms with Gasteiger partial charge in [0.1, 0.15) is 0 Å². The lowest BCUT2D eigenvalue weighted by molar-refractivity contribution is 0.794. The second-order valence-corrected chi connectivity index (χ2v) is 16.6. The third-order valence-corrected chi connectivity index (χ3v) is 14.0. The first kappa shape index (κ1) is 31.2. The zero-order chi connectivity index (χ0) is 37.2. The molecule has 0 atom stereocenters. The lowest BCUT2D eigenvalue weighted by atomic mass is 9.70. The van der Waals surface area contributed by atoms with Gasteiger partial charge in [0.25, 0.3) is 0 Å². The Bertz CT molecular complexity index is 3420. The van der Waals surface area contributed by atoms with E-state index in [0.29, 0.717) is 0 Å². The van der Waals surface area contributed by atoms with E-state index in [1.807, 2.05) is 11.3 Å². The summed E-state index contributed by atoms with van der Waals surface area (Å²) in [6, 6.07) is 75.1. The summed E-state index contributed by atoms with van der Waals surface area (Å²) >= 11 is 1.87. The summed E-state index contributed by atoms with van der Waals surface area (Å²) in [6.45, 7) is 0. The molecule has 0 fully saturated rings. The molecule has 264 valence electrons. The molecule has 2 aliphatic carbocycles. The first-order valence-corrected chi connectivity index (χ1v) is 20.6. The number of thiophene rings is 1. The van der Waals surface area contributed by atoms with E-state index in [9.17, 15) is 0 Å². The second-order valence-electron chi connectivity index (χ2n) is 15.5. The van der Waals surface area contributed by atoms with Crippen molar-refractivity contribution in [1.82, 2.24) is 0 Å². The average Bonchev–Trinajstić information content (AvgIpc) is 3.91. The number of hydrogen-bond acceptors (Lipinski definition) is 2. The maximum atomic E-state index is 2.54. The number of anilines is 3. The predicted molar refractivity (Wildman–Crippen MR) is 243 cm³/mol. The quantitative estimate of drug-likeness (QED) is 0.163. The molecular weight excluding hydrogens is 707 g/mol. The molecule has 10 aromatic carbocycles. The summed E-state index contributed by atoms with van der Waals surface area (Å²) in [7, 11) is 0. The molecule has 11 aromatic rings. The SMILES string of the molecule is c1ccc2c(c1)-c1ccccc1C21c2ccccc2-c2c(N(c3ccc4sc5ccccc5c4c3)c3ccc4c5ccccc5c5ccccc5c4c3)cccc21. The van der Waals surface area contributed by atoms with Gasteiger partial charge < -0.3 is 4.90 Å². The van der Waals surface area contributed by atoms with Crippen molar-refractivity contribution in [3.8, 4) is 22.3 Å². The van der Waals surface area contributed by atoms with Gasteiger partial charge in [0.15, 0.2) is 0 Å². The molecule has 1 heterocycles. The lowest BCUT2D eigenvalue weighted by Crippen LogP contribution is -2.26. The van der Waals surface area contributed by atoms with Crippen LogP contribution in [0.3, 0.4) is 0 Å². The molecule has 0 saturated heterocycles. The van der Waals surface area contributed by atoms with Crippen LogP contribution in [0.15, 0.2) is 200 Å². The predicted octanol–water partition coefficient (Wildman–Crippen LogP) is 15.3. The van der Waals surface area contributed by atoms with Crippen LogP contribution in [-0.4, -0.2) is 0 Å². The minimum atomic E-state index is -0.424. The van der Waals surface area contributed by atoms with E-state index in [2.05, 4.69) is 205 Å². The van der Waals surface area contributed by atoms with Gasteiger partial charge >= 0.3 is 0 Å². The Morgan fingerprint density at radius 2 is 0.772 bits per heavy atom. The van der Waals surface area contributed by atoms with Crippen LogP contribution in [0.25, 0.3) is 74.7 Å². The van der Waals surface area contributed by atoms with E-state index >= 15 is 0 Å². The number of rotatable bonds is 3. The molecule has 2 aliphatic rings. The largest absolute Gasteiger partial charge is 0.310 e. The van der Waals surface area contributed by atoms with Crippen molar-refractivity contribution < 1.29 is 0 Å². The first-order valence-electron chi connectivity index (χ1n) is 19.8. The van der Waals surface area contributed by atoms with E-state index in [4.69, 9.17) is 0 Å². The molecule has 1 spiro atoms. The highest BCUT2D eigenvalue weighted by atomic mass is 32.1. The Balaban J connectivity index is 1.15. The highest BCUT2D eigenvalue weighted by molar-refractivity contribution is 7.25. The maximum Gasteiger partial charge on any atom is 0.0726 e. The van der Waals surface area contributed by atoms with Gasteiger partial charge in [0.05, 0.1) is 11.1 Å². The normalized spacial score (nSPS) is 13.4. The zero-order valence-corrected chi connectivity index (χ0v) is 31.7. The highest BCUT2D eigenvalue weighted by Gasteiger charge is 2.52. The van der Waals surface area contributed by atoms with E-state index in [1.54, 1.807) is 0 Å². The van der Waals surface area contributed by atoms with Crippen molar-refractivity contribution in [1.29, 1.82) is 0 Å². The number of nitrogens with zero attached hydrogens (tertiary/aromatic N) is 1. The third-order valence-electron chi connectivity index (χ3n) is 12.8. The molecule has 1 aromatic heterocycles. The summed E-state index contributed by atoms with van der Waals surface area (Å²) in [6.07, 6.45) is 0. The summed E-state index contributed by atoms with van der Waals surface area (Å²) in [4.78, 5) is 2.54. The van der Waals surface area contributed by atoms with Gasteiger partial charge in [-0.3, -0.25) is 0 Å². The van der Waals surface area contributed by atoms with Crippen molar-refractivity contribution in [3.05, 3.63) is 222 Å². The van der Waals surface area contributed by atoms with Crippen LogP contribution in [-0.2, 0) is 5.41 Å². The molecular formula is C55H33NS. The van der Waals surface area contributed by atoms with Crippen molar-refractivity contribution in [2.45, 2.75) is 5.41 Å². The Morgan fingerprint density at radius 3 is 1.44 bits per heavy atom. The molecule has 0 bridgehead atoms. The number of benzene rings is 10. The van der Waals surface area contributed by atoms with Crippen molar-refractivity contribution in [2.24, 2.45) is 0 Å². The van der Waals surface area contributed by atoms with E-state index in [0.717, 1.165) is 11.4 Å². The van der Waals surface area contributed by atoms with E-state index < -0.39 is 5.41 Å². The molecule has 2 heteroatoms. The summed E-state index contributed by atoms with van der Waals surface area (Å²) < 4.78 is 2.62. The second kappa shape index (κ2) is 11.5. The van der Waals surface area contributed by atoms with Gasteiger partial charge in [-0.1, -0.05) is 158 Å². The number of fused-ring (bicyclic) bond motifs is 19. The third kappa shape index (κ3) is 4.07. The van der Waals surface area contributed by atoms with E-state index in [-0.39, 0.29) is 0 Å². The Kier molecular flexibility index (Phi) is 6.31. The van der Waals surface area contributed by atoms with Crippen LogP contribution in [0.1, 0.15) is 22.3 Å². The fourth-order valence-electron chi connectivity index (χ4n) is 10.6. The monoisotopic (exact) mass is 739 g/mol. The molecule has 0 aliphatic heterocycles. The van der Waals surface area contributed by atoms with Crippen LogP contribution in [0.5, 0.6) is 0 Å². The van der Waals surface area contributed by atoms with Crippen LogP contribution in [0, 0.1) is 0 Å². The van der Waals surface area contributed by atoms with Gasteiger partial charge in [-0.05, 0) is 114 Å². The van der Waals surface area contributed by atoms with Crippen LogP contribution in [0.2, 0.25) is 0 Å². The fourth-order valence-corrected chi connectivity index (χ4v) is 11.7. The maximum absolute atomic E-state index is 2.54.